The lowest BCUT2D eigenvalue weighted by molar-refractivity contribution is -0.123. The number of hydrogen-bond acceptors (Lipinski definition) is 7. The molecule has 0 unspecified atom stereocenters. The molecule has 0 spiro atoms. The number of hydrogen-bond donors (Lipinski definition) is 1. The molecule has 216 valence electrons. The number of carbonyl (C=O) groups is 1. The van der Waals surface area contributed by atoms with Crippen molar-refractivity contribution >= 4 is 5.91 Å². The Kier molecular flexibility index (Phi) is 6.88. The van der Waals surface area contributed by atoms with Gasteiger partial charge in [-0.25, -0.2) is 9.97 Å². The van der Waals surface area contributed by atoms with E-state index in [1.165, 1.54) is 6.33 Å². The highest BCUT2D eigenvalue weighted by atomic mass is 16.7. The van der Waals surface area contributed by atoms with Gasteiger partial charge in [0, 0.05) is 65.8 Å². The van der Waals surface area contributed by atoms with E-state index in [2.05, 4.69) is 33.9 Å². The van der Waals surface area contributed by atoms with Gasteiger partial charge in [0.1, 0.15) is 6.33 Å². The smallest absolute Gasteiger partial charge is 0.254 e. The van der Waals surface area contributed by atoms with Crippen molar-refractivity contribution in [2.75, 3.05) is 20.6 Å². The van der Waals surface area contributed by atoms with E-state index in [0.29, 0.717) is 41.6 Å². The van der Waals surface area contributed by atoms with E-state index in [0.717, 1.165) is 59.2 Å². The second kappa shape index (κ2) is 10.3. The minimum absolute atomic E-state index is 0.104. The van der Waals surface area contributed by atoms with Gasteiger partial charge >= 0.3 is 0 Å². The Morgan fingerprint density at radius 3 is 2.37 bits per heavy atom. The number of aryl methyl sites for hydroxylation is 2. The molecular weight excluding hydrogens is 518 g/mol. The van der Waals surface area contributed by atoms with Crippen molar-refractivity contribution in [1.82, 2.24) is 24.8 Å². The summed E-state index contributed by atoms with van der Waals surface area (Å²) >= 11 is 0. The molecule has 1 aromatic carbocycles. The molecule has 6 rings (SSSR count). The Bertz CT molecular complexity index is 1560. The fraction of sp³-hybridized carbons (Fsp3) is 0.500. The van der Waals surface area contributed by atoms with Crippen LogP contribution in [0.5, 0.6) is 11.5 Å². The van der Waals surface area contributed by atoms with Gasteiger partial charge in [-0.1, -0.05) is 0 Å². The van der Waals surface area contributed by atoms with Gasteiger partial charge in [0.05, 0.1) is 12.1 Å². The molecule has 1 saturated carbocycles. The molecule has 3 aliphatic rings. The van der Waals surface area contributed by atoms with Crippen LogP contribution >= 0.6 is 0 Å². The van der Waals surface area contributed by atoms with Gasteiger partial charge in [0.25, 0.3) is 17.3 Å². The number of ether oxygens (including phenoxy) is 2. The minimum atomic E-state index is -0.826. The van der Waals surface area contributed by atoms with Crippen molar-refractivity contribution in [2.24, 2.45) is 5.92 Å². The van der Waals surface area contributed by atoms with E-state index in [1.54, 1.807) is 17.3 Å². The second-order valence-corrected chi connectivity index (χ2v) is 12.2. The highest BCUT2D eigenvalue weighted by molar-refractivity contribution is 6.02. The molecule has 0 bridgehead atoms. The Morgan fingerprint density at radius 1 is 1.02 bits per heavy atom. The summed E-state index contributed by atoms with van der Waals surface area (Å²) in [5.41, 5.74) is 6.13. The lowest BCUT2D eigenvalue weighted by atomic mass is 9.81. The summed E-state index contributed by atoms with van der Waals surface area (Å²) in [5, 5.41) is 0. The number of aromatic nitrogens is 3. The molecule has 0 saturated heterocycles. The first-order valence-corrected chi connectivity index (χ1v) is 14.5. The van der Waals surface area contributed by atoms with Crippen LogP contribution in [-0.4, -0.2) is 63.1 Å². The van der Waals surface area contributed by atoms with Gasteiger partial charge in [0.15, 0.2) is 11.5 Å². The summed E-state index contributed by atoms with van der Waals surface area (Å²) in [6, 6.07) is 2.51. The monoisotopic (exact) mass is 557 g/mol. The molecule has 4 heterocycles. The summed E-state index contributed by atoms with van der Waals surface area (Å²) < 4.78 is 13.5. The number of rotatable bonds is 5. The van der Waals surface area contributed by atoms with Crippen molar-refractivity contribution in [3.63, 3.8) is 0 Å². The van der Waals surface area contributed by atoms with Crippen molar-refractivity contribution in [2.45, 2.75) is 78.2 Å². The van der Waals surface area contributed by atoms with Crippen LogP contribution < -0.4 is 15.0 Å². The lowest BCUT2D eigenvalue weighted by Crippen LogP contribution is -2.46. The Balaban J connectivity index is 1.40. The number of nitrogens with zero attached hydrogens (tertiary/aromatic N) is 4. The van der Waals surface area contributed by atoms with E-state index in [9.17, 15) is 9.59 Å². The number of H-pyrrole nitrogens is 1. The van der Waals surface area contributed by atoms with Crippen LogP contribution in [-0.2, 0) is 13.0 Å². The van der Waals surface area contributed by atoms with E-state index in [1.807, 2.05) is 33.8 Å². The van der Waals surface area contributed by atoms with Gasteiger partial charge in [-0.3, -0.25) is 9.59 Å². The third-order valence-corrected chi connectivity index (χ3v) is 9.36. The standard InChI is InChI=1S/C32H39N5O4/c1-18-13-19(2)35-30(38)25(18)16-37-12-11-24-26(31(37)39)20(3)28-29(27(24)21-14-33-17-34-15-21)41-32(4,40-28)22-7-9-23(10-8-22)36(5)6/h13-15,17,22-23H,7-12,16H2,1-6H3,(H,35,38)/t22?,23?,32-/m0/s1. The molecular formula is C32H39N5O4. The summed E-state index contributed by atoms with van der Waals surface area (Å²) in [7, 11) is 4.29. The average molecular weight is 558 g/mol. The van der Waals surface area contributed by atoms with Crippen LogP contribution in [0.15, 0.2) is 29.6 Å². The molecule has 9 heteroatoms. The lowest BCUT2D eigenvalue weighted by Gasteiger charge is -2.39. The Morgan fingerprint density at radius 2 is 1.71 bits per heavy atom. The van der Waals surface area contributed by atoms with Gasteiger partial charge in [-0.05, 0) is 84.2 Å². The molecule has 1 aliphatic carbocycles. The molecule has 3 aromatic rings. The van der Waals surface area contributed by atoms with Gasteiger partial charge in [0.2, 0.25) is 0 Å². The van der Waals surface area contributed by atoms with Crippen molar-refractivity contribution in [3.05, 3.63) is 68.7 Å². The molecule has 1 fully saturated rings. The van der Waals surface area contributed by atoms with E-state index < -0.39 is 5.79 Å². The fourth-order valence-electron chi connectivity index (χ4n) is 7.01. The fourth-order valence-corrected chi connectivity index (χ4v) is 7.01. The summed E-state index contributed by atoms with van der Waals surface area (Å²) in [6.07, 6.45) is 9.86. The zero-order valence-corrected chi connectivity index (χ0v) is 24.8. The van der Waals surface area contributed by atoms with Crippen LogP contribution in [0.1, 0.15) is 70.9 Å². The number of carbonyl (C=O) groups excluding carboxylic acids is 1. The normalized spacial score (nSPS) is 23.7. The molecule has 9 nitrogen and oxygen atoms in total. The largest absolute Gasteiger partial charge is 0.448 e. The first-order valence-electron chi connectivity index (χ1n) is 14.5. The van der Waals surface area contributed by atoms with Gasteiger partial charge in [-0.15, -0.1) is 0 Å². The molecule has 2 aromatic heterocycles. The molecule has 2 aliphatic heterocycles. The predicted molar refractivity (Wildman–Crippen MR) is 156 cm³/mol. The average Bonchev–Trinajstić information content (AvgIpc) is 3.31. The maximum absolute atomic E-state index is 14.2. The molecule has 41 heavy (non-hydrogen) atoms. The molecule has 1 N–H and O–H groups in total. The van der Waals surface area contributed by atoms with Crippen molar-refractivity contribution < 1.29 is 14.3 Å². The zero-order chi connectivity index (χ0) is 29.1. The number of fused-ring (bicyclic) bond motifs is 2. The van der Waals surface area contributed by atoms with Crippen molar-refractivity contribution in [3.8, 4) is 22.6 Å². The van der Waals surface area contributed by atoms with Gasteiger partial charge < -0.3 is 24.3 Å². The Hall–Kier alpha value is -3.72. The van der Waals surface area contributed by atoms with E-state index >= 15 is 0 Å². The minimum Gasteiger partial charge on any atom is -0.448 e. The number of benzene rings is 1. The molecule has 1 atom stereocenters. The highest BCUT2D eigenvalue weighted by Crippen LogP contribution is 2.55. The second-order valence-electron chi connectivity index (χ2n) is 12.2. The summed E-state index contributed by atoms with van der Waals surface area (Å²) in [6.45, 7) is 8.52. The topological polar surface area (TPSA) is 101 Å². The SMILES string of the molecule is Cc1cc(C)c(CN2CCc3c(c(C)c4c(c3-c3cncnc3)O[C@@](C)(C3CCC(N(C)C)CC3)O4)C2=O)c(=O)[nH]1. The third kappa shape index (κ3) is 4.70. The van der Waals surface area contributed by atoms with E-state index in [-0.39, 0.29) is 23.9 Å². The zero-order valence-electron chi connectivity index (χ0n) is 24.8. The van der Waals surface area contributed by atoms with Gasteiger partial charge in [-0.2, -0.15) is 0 Å². The highest BCUT2D eigenvalue weighted by Gasteiger charge is 2.49. The summed E-state index contributed by atoms with van der Waals surface area (Å²) in [4.78, 5) is 42.5. The quantitative estimate of drug-likeness (QED) is 0.491. The number of pyridine rings is 1. The summed E-state index contributed by atoms with van der Waals surface area (Å²) in [5.74, 6) is 0.603. The predicted octanol–water partition coefficient (Wildman–Crippen LogP) is 4.56. The van der Waals surface area contributed by atoms with E-state index in [4.69, 9.17) is 9.47 Å². The van der Waals surface area contributed by atoms with Crippen molar-refractivity contribution in [1.29, 1.82) is 0 Å². The Labute approximate surface area is 240 Å². The maximum atomic E-state index is 14.2. The maximum Gasteiger partial charge on any atom is 0.254 e. The van der Waals surface area contributed by atoms with Crippen LogP contribution in [0.25, 0.3) is 11.1 Å². The molecule has 1 amide bonds. The van der Waals surface area contributed by atoms with Crippen LogP contribution in [0.4, 0.5) is 0 Å². The third-order valence-electron chi connectivity index (χ3n) is 9.36. The number of nitrogens with one attached hydrogen (secondary N) is 1. The number of amides is 1. The first kappa shape index (κ1) is 27.4. The van der Waals surface area contributed by atoms with Crippen LogP contribution in [0.2, 0.25) is 0 Å². The first-order chi connectivity index (χ1) is 19.6. The molecule has 0 radical (unpaired) electrons. The van der Waals surface area contributed by atoms with Crippen LogP contribution in [0.3, 0.4) is 0 Å². The number of aromatic amines is 1. The van der Waals surface area contributed by atoms with Crippen LogP contribution in [0, 0.1) is 26.7 Å².